The first-order valence-electron chi connectivity index (χ1n) is 8.32. The molecule has 1 aromatic heterocycles. The zero-order chi connectivity index (χ0) is 18.5. The van der Waals surface area contributed by atoms with Gasteiger partial charge in [-0.05, 0) is 35.2 Å². The molecule has 2 aromatic carbocycles. The third-order valence-electron chi connectivity index (χ3n) is 4.17. The third kappa shape index (κ3) is 4.04. The maximum atomic E-state index is 13.1. The van der Waals surface area contributed by atoms with Crippen LogP contribution in [-0.2, 0) is 13.0 Å². The monoisotopic (exact) mass is 367 g/mol. The highest BCUT2D eigenvalue weighted by atomic mass is 35.5. The Labute approximate surface area is 155 Å². The van der Waals surface area contributed by atoms with Crippen LogP contribution in [0.5, 0.6) is 0 Å². The van der Waals surface area contributed by atoms with Crippen LogP contribution in [0.25, 0.3) is 21.3 Å². The number of hydrogen-bond acceptors (Lipinski definition) is 3. The van der Waals surface area contributed by atoms with Crippen LogP contribution in [0, 0.1) is 5.92 Å². The Morgan fingerprint density at radius 1 is 1.27 bits per heavy atom. The number of halogens is 1. The van der Waals surface area contributed by atoms with E-state index >= 15 is 0 Å². The highest BCUT2D eigenvalue weighted by Crippen LogP contribution is 2.17. The second kappa shape index (κ2) is 8.04. The first-order valence-corrected chi connectivity index (χ1v) is 8.70. The Hall–Kier alpha value is -2.82. The van der Waals surface area contributed by atoms with Gasteiger partial charge in [0.05, 0.1) is 17.4 Å². The summed E-state index contributed by atoms with van der Waals surface area (Å²) in [5.74, 6) is 0.728. The van der Waals surface area contributed by atoms with Crippen molar-refractivity contribution in [2.75, 3.05) is 6.54 Å². The van der Waals surface area contributed by atoms with Crippen molar-refractivity contribution in [3.05, 3.63) is 85.7 Å². The Balaban J connectivity index is 2.10. The van der Waals surface area contributed by atoms with Crippen LogP contribution in [0.1, 0.15) is 18.3 Å². The van der Waals surface area contributed by atoms with Gasteiger partial charge < -0.3 is 0 Å². The van der Waals surface area contributed by atoms with Crippen molar-refractivity contribution in [2.45, 2.75) is 19.9 Å². The first-order chi connectivity index (χ1) is 12.6. The van der Waals surface area contributed by atoms with Crippen molar-refractivity contribution >= 4 is 22.5 Å². The van der Waals surface area contributed by atoms with Gasteiger partial charge in [0.2, 0.25) is 0 Å². The summed E-state index contributed by atoms with van der Waals surface area (Å²) in [5, 5.41) is 4.70. The molecule has 0 aliphatic rings. The Morgan fingerprint density at radius 2 is 2.04 bits per heavy atom. The predicted octanol–water partition coefficient (Wildman–Crippen LogP) is 4.59. The molecule has 7 heteroatoms. The summed E-state index contributed by atoms with van der Waals surface area (Å²) in [5.41, 5.74) is 10.0. The van der Waals surface area contributed by atoms with Crippen molar-refractivity contribution in [3.8, 4) is 0 Å². The fourth-order valence-electron chi connectivity index (χ4n) is 2.88. The molecule has 3 rings (SSSR count). The zero-order valence-corrected chi connectivity index (χ0v) is 15.1. The van der Waals surface area contributed by atoms with Crippen molar-refractivity contribution in [1.82, 2.24) is 9.55 Å². The molecule has 3 aromatic rings. The van der Waals surface area contributed by atoms with Crippen LogP contribution < -0.4 is 5.56 Å². The largest absolute Gasteiger partial charge is 0.292 e. The molecule has 0 N–H and O–H groups in total. The molecule has 0 aliphatic carbocycles. The second-order valence-electron chi connectivity index (χ2n) is 6.29. The van der Waals surface area contributed by atoms with Gasteiger partial charge in [0.15, 0.2) is 0 Å². The van der Waals surface area contributed by atoms with Gasteiger partial charge in [-0.15, -0.1) is 0 Å². The molecule has 1 heterocycles. The summed E-state index contributed by atoms with van der Waals surface area (Å²) in [6.45, 7) is 2.76. The van der Waals surface area contributed by atoms with Crippen molar-refractivity contribution in [3.63, 3.8) is 0 Å². The van der Waals surface area contributed by atoms with Crippen molar-refractivity contribution < 1.29 is 0 Å². The van der Waals surface area contributed by atoms with E-state index < -0.39 is 0 Å². The van der Waals surface area contributed by atoms with Gasteiger partial charge in [0.1, 0.15) is 5.82 Å². The van der Waals surface area contributed by atoms with Crippen LogP contribution in [-0.4, -0.2) is 16.1 Å². The average molecular weight is 368 g/mol. The van der Waals surface area contributed by atoms with Gasteiger partial charge in [-0.25, -0.2) is 4.98 Å². The minimum absolute atomic E-state index is 0.0662. The molecule has 0 bridgehead atoms. The smallest absolute Gasteiger partial charge is 0.261 e. The predicted molar refractivity (Wildman–Crippen MR) is 103 cm³/mol. The van der Waals surface area contributed by atoms with Gasteiger partial charge in [0.25, 0.3) is 5.56 Å². The van der Waals surface area contributed by atoms with Gasteiger partial charge in [0, 0.05) is 22.9 Å². The number of benzene rings is 2. The van der Waals surface area contributed by atoms with Gasteiger partial charge in [-0.3, -0.25) is 9.36 Å². The van der Waals surface area contributed by atoms with Crippen LogP contribution in [0.2, 0.25) is 5.02 Å². The molecule has 1 atom stereocenters. The molecule has 0 amide bonds. The summed E-state index contributed by atoms with van der Waals surface area (Å²) in [7, 11) is 0. The van der Waals surface area contributed by atoms with E-state index in [1.165, 1.54) is 0 Å². The highest BCUT2D eigenvalue weighted by Gasteiger charge is 2.14. The molecule has 0 aliphatic heterocycles. The van der Waals surface area contributed by atoms with E-state index in [0.717, 1.165) is 5.56 Å². The molecule has 132 valence electrons. The fourth-order valence-corrected chi connectivity index (χ4v) is 3.04. The number of rotatable bonds is 6. The lowest BCUT2D eigenvalue weighted by atomic mass is 10.1. The molecule has 1 unspecified atom stereocenters. The van der Waals surface area contributed by atoms with Crippen LogP contribution in [0.4, 0.5) is 0 Å². The van der Waals surface area contributed by atoms with Crippen LogP contribution in [0.15, 0.2) is 58.4 Å². The standard InChI is InChI=1S/C19H18ClN5O/c1-13(11-22-24-21)9-18-23-17-10-15(20)7-8-16(17)19(26)25(18)12-14-5-3-2-4-6-14/h2-8,10,13H,9,11-12H2,1H3. The molecule has 0 spiro atoms. The maximum Gasteiger partial charge on any atom is 0.261 e. The van der Waals surface area contributed by atoms with E-state index in [2.05, 4.69) is 15.0 Å². The highest BCUT2D eigenvalue weighted by molar-refractivity contribution is 6.31. The Morgan fingerprint density at radius 3 is 2.77 bits per heavy atom. The minimum atomic E-state index is -0.0958. The zero-order valence-electron chi connectivity index (χ0n) is 14.3. The van der Waals surface area contributed by atoms with E-state index in [4.69, 9.17) is 17.1 Å². The molecule has 0 saturated carbocycles. The van der Waals surface area contributed by atoms with Crippen molar-refractivity contribution in [1.29, 1.82) is 0 Å². The lowest BCUT2D eigenvalue weighted by molar-refractivity contribution is 0.541. The second-order valence-corrected chi connectivity index (χ2v) is 6.73. The van der Waals surface area contributed by atoms with Crippen LogP contribution >= 0.6 is 11.6 Å². The maximum absolute atomic E-state index is 13.1. The van der Waals surface area contributed by atoms with E-state index in [1.807, 2.05) is 37.3 Å². The van der Waals surface area contributed by atoms with E-state index in [0.29, 0.717) is 41.3 Å². The topological polar surface area (TPSA) is 83.7 Å². The molecule has 0 saturated heterocycles. The normalized spacial score (nSPS) is 11.9. The first kappa shape index (κ1) is 18.0. The number of aromatic nitrogens is 2. The van der Waals surface area contributed by atoms with Crippen LogP contribution in [0.3, 0.4) is 0 Å². The Bertz CT molecular complexity index is 1030. The number of hydrogen-bond donors (Lipinski definition) is 0. The van der Waals surface area contributed by atoms with Gasteiger partial charge in [-0.1, -0.05) is 54.0 Å². The SMILES string of the molecule is CC(CN=[N+]=[N-])Cc1nc2cc(Cl)ccc2c(=O)n1Cc1ccccc1. The number of fused-ring (bicyclic) bond motifs is 1. The summed E-state index contributed by atoms with van der Waals surface area (Å²) >= 11 is 6.06. The third-order valence-corrected chi connectivity index (χ3v) is 4.40. The molecule has 26 heavy (non-hydrogen) atoms. The number of nitrogens with zero attached hydrogens (tertiary/aromatic N) is 5. The molecule has 0 fully saturated rings. The summed E-state index contributed by atoms with van der Waals surface area (Å²) in [6, 6.07) is 14.9. The Kier molecular flexibility index (Phi) is 5.56. The number of azide groups is 1. The quantitative estimate of drug-likeness (QED) is 0.362. The van der Waals surface area contributed by atoms with E-state index in [9.17, 15) is 4.79 Å². The van der Waals surface area contributed by atoms with Gasteiger partial charge >= 0.3 is 0 Å². The average Bonchev–Trinajstić information content (AvgIpc) is 2.64. The molecular formula is C19H18ClN5O. The summed E-state index contributed by atoms with van der Waals surface area (Å²) < 4.78 is 1.69. The summed E-state index contributed by atoms with van der Waals surface area (Å²) in [4.78, 5) is 20.5. The van der Waals surface area contributed by atoms with E-state index in [1.54, 1.807) is 22.8 Å². The van der Waals surface area contributed by atoms with Crippen molar-refractivity contribution in [2.24, 2.45) is 11.0 Å². The van der Waals surface area contributed by atoms with E-state index in [-0.39, 0.29) is 11.5 Å². The minimum Gasteiger partial charge on any atom is -0.292 e. The van der Waals surface area contributed by atoms with Gasteiger partial charge in [-0.2, -0.15) is 0 Å². The molecule has 0 radical (unpaired) electrons. The lowest BCUT2D eigenvalue weighted by Crippen LogP contribution is -2.27. The molecular weight excluding hydrogens is 350 g/mol. The fraction of sp³-hybridized carbons (Fsp3) is 0.263. The lowest BCUT2D eigenvalue weighted by Gasteiger charge is -2.16. The summed E-state index contributed by atoms with van der Waals surface area (Å²) in [6.07, 6.45) is 0.531. The molecule has 6 nitrogen and oxygen atoms in total.